The van der Waals surface area contributed by atoms with E-state index in [1.54, 1.807) is 16.7 Å². The predicted octanol–water partition coefficient (Wildman–Crippen LogP) is 4.08. The Hall–Kier alpha value is -2.27. The predicted molar refractivity (Wildman–Crippen MR) is 103 cm³/mol. The van der Waals surface area contributed by atoms with E-state index in [1.807, 2.05) is 31.2 Å². The molecule has 1 atom stereocenters. The summed E-state index contributed by atoms with van der Waals surface area (Å²) in [4.78, 5) is 27.7. The van der Waals surface area contributed by atoms with Gasteiger partial charge in [0, 0.05) is 4.90 Å². The minimum atomic E-state index is -0.279. The molecule has 3 rings (SSSR count). The van der Waals surface area contributed by atoms with Gasteiger partial charge in [-0.3, -0.25) is 14.5 Å². The molecule has 0 fully saturated rings. The standard InChI is InChI=1S/C20H22N2O2S/c1-12-9-13(2)19(14(3)10-12)25-15(4)20(24)22-11-18(23)21-16-7-5-6-8-17(16)22/h5-10,15H,11H2,1-4H3,(H,21,23). The second-order valence-electron chi connectivity index (χ2n) is 6.48. The number of para-hydroxylation sites is 2. The summed E-state index contributed by atoms with van der Waals surface area (Å²) in [6.07, 6.45) is 0. The molecule has 0 saturated heterocycles. The van der Waals surface area contributed by atoms with Crippen LogP contribution in [0.4, 0.5) is 11.4 Å². The van der Waals surface area contributed by atoms with Crippen molar-refractivity contribution in [2.75, 3.05) is 16.8 Å². The molecule has 0 radical (unpaired) electrons. The zero-order valence-electron chi connectivity index (χ0n) is 14.9. The molecule has 2 aromatic carbocycles. The SMILES string of the molecule is Cc1cc(C)c(SC(C)C(=O)N2CC(=O)Nc3ccccc32)c(C)c1. The normalized spacial score (nSPS) is 14.7. The average molecular weight is 354 g/mol. The van der Waals surface area contributed by atoms with Crippen molar-refractivity contribution in [3.05, 3.63) is 53.1 Å². The fourth-order valence-corrected chi connectivity index (χ4v) is 4.30. The molecule has 0 spiro atoms. The second kappa shape index (κ2) is 6.92. The Morgan fingerprint density at radius 3 is 2.48 bits per heavy atom. The average Bonchev–Trinajstić information content (AvgIpc) is 2.56. The lowest BCUT2D eigenvalue weighted by Gasteiger charge is -2.31. The van der Waals surface area contributed by atoms with Crippen LogP contribution in [-0.2, 0) is 9.59 Å². The Morgan fingerprint density at radius 1 is 1.16 bits per heavy atom. The molecule has 1 aliphatic rings. The van der Waals surface area contributed by atoms with Crippen molar-refractivity contribution in [3.63, 3.8) is 0 Å². The van der Waals surface area contributed by atoms with Gasteiger partial charge in [-0.1, -0.05) is 29.8 Å². The molecular formula is C20H22N2O2S. The molecular weight excluding hydrogens is 332 g/mol. The highest BCUT2D eigenvalue weighted by atomic mass is 32.2. The number of thioether (sulfide) groups is 1. The molecule has 25 heavy (non-hydrogen) atoms. The zero-order chi connectivity index (χ0) is 18.1. The van der Waals surface area contributed by atoms with Crippen molar-refractivity contribution in [2.24, 2.45) is 0 Å². The molecule has 0 aliphatic carbocycles. The van der Waals surface area contributed by atoms with E-state index in [2.05, 4.69) is 38.2 Å². The van der Waals surface area contributed by atoms with Crippen LogP contribution in [0.2, 0.25) is 0 Å². The Morgan fingerprint density at radius 2 is 1.80 bits per heavy atom. The molecule has 0 aromatic heterocycles. The van der Waals surface area contributed by atoms with Crippen molar-refractivity contribution < 1.29 is 9.59 Å². The van der Waals surface area contributed by atoms with E-state index >= 15 is 0 Å². The van der Waals surface area contributed by atoms with Gasteiger partial charge in [0.1, 0.15) is 6.54 Å². The largest absolute Gasteiger partial charge is 0.323 e. The van der Waals surface area contributed by atoms with Crippen molar-refractivity contribution in [3.8, 4) is 0 Å². The number of anilines is 2. The Balaban J connectivity index is 1.85. The quantitative estimate of drug-likeness (QED) is 0.845. The van der Waals surface area contributed by atoms with E-state index in [1.165, 1.54) is 16.7 Å². The number of nitrogens with one attached hydrogen (secondary N) is 1. The molecule has 5 heteroatoms. The van der Waals surface area contributed by atoms with E-state index < -0.39 is 0 Å². The van der Waals surface area contributed by atoms with Gasteiger partial charge in [0.15, 0.2) is 0 Å². The van der Waals surface area contributed by atoms with Gasteiger partial charge in [-0.05, 0) is 51.0 Å². The first-order chi connectivity index (χ1) is 11.9. The molecule has 2 amide bonds. The van der Waals surface area contributed by atoms with Gasteiger partial charge in [0.25, 0.3) is 0 Å². The van der Waals surface area contributed by atoms with Gasteiger partial charge < -0.3 is 5.32 Å². The number of hydrogen-bond acceptors (Lipinski definition) is 3. The van der Waals surface area contributed by atoms with E-state index in [9.17, 15) is 9.59 Å². The summed E-state index contributed by atoms with van der Waals surface area (Å²) in [5, 5.41) is 2.54. The van der Waals surface area contributed by atoms with Gasteiger partial charge in [0.2, 0.25) is 11.8 Å². The van der Waals surface area contributed by atoms with E-state index in [0.29, 0.717) is 5.69 Å². The minimum Gasteiger partial charge on any atom is -0.323 e. The van der Waals surface area contributed by atoms with Crippen LogP contribution < -0.4 is 10.2 Å². The number of rotatable bonds is 3. The molecule has 4 nitrogen and oxygen atoms in total. The number of aryl methyl sites for hydroxylation is 3. The summed E-state index contributed by atoms with van der Waals surface area (Å²) in [6, 6.07) is 11.7. The zero-order valence-corrected chi connectivity index (χ0v) is 15.7. The maximum Gasteiger partial charge on any atom is 0.244 e. The maximum atomic E-state index is 13.0. The molecule has 0 bridgehead atoms. The fraction of sp³-hybridized carbons (Fsp3) is 0.300. The van der Waals surface area contributed by atoms with Crippen molar-refractivity contribution in [2.45, 2.75) is 37.8 Å². The van der Waals surface area contributed by atoms with Crippen LogP contribution in [0.3, 0.4) is 0 Å². The third kappa shape index (κ3) is 3.56. The number of fused-ring (bicyclic) bond motifs is 1. The summed E-state index contributed by atoms with van der Waals surface area (Å²) in [6.45, 7) is 8.19. The number of nitrogens with zero attached hydrogens (tertiary/aromatic N) is 1. The molecule has 1 N–H and O–H groups in total. The van der Waals surface area contributed by atoms with Crippen LogP contribution in [0.5, 0.6) is 0 Å². The van der Waals surface area contributed by atoms with Gasteiger partial charge >= 0.3 is 0 Å². The highest BCUT2D eigenvalue weighted by molar-refractivity contribution is 8.00. The van der Waals surface area contributed by atoms with Gasteiger partial charge in [-0.15, -0.1) is 11.8 Å². The Labute approximate surface area is 152 Å². The third-order valence-corrected chi connectivity index (χ3v) is 5.72. The topological polar surface area (TPSA) is 49.4 Å². The first-order valence-electron chi connectivity index (χ1n) is 8.31. The lowest BCUT2D eigenvalue weighted by molar-refractivity contribution is -0.121. The van der Waals surface area contributed by atoms with E-state index in [-0.39, 0.29) is 23.6 Å². The van der Waals surface area contributed by atoms with Crippen LogP contribution >= 0.6 is 11.8 Å². The maximum absolute atomic E-state index is 13.0. The highest BCUT2D eigenvalue weighted by Gasteiger charge is 2.30. The van der Waals surface area contributed by atoms with Gasteiger partial charge in [-0.25, -0.2) is 0 Å². The number of benzene rings is 2. The Bertz CT molecular complexity index is 824. The highest BCUT2D eigenvalue weighted by Crippen LogP contribution is 2.34. The first kappa shape index (κ1) is 17.5. The molecule has 1 aliphatic heterocycles. The van der Waals surface area contributed by atoms with Gasteiger partial charge in [-0.2, -0.15) is 0 Å². The van der Waals surface area contributed by atoms with Crippen molar-refractivity contribution in [1.29, 1.82) is 0 Å². The van der Waals surface area contributed by atoms with Crippen LogP contribution in [0.15, 0.2) is 41.3 Å². The number of carbonyl (C=O) groups excluding carboxylic acids is 2. The monoisotopic (exact) mass is 354 g/mol. The van der Waals surface area contributed by atoms with Crippen molar-refractivity contribution in [1.82, 2.24) is 0 Å². The van der Waals surface area contributed by atoms with Gasteiger partial charge in [0.05, 0.1) is 16.6 Å². The third-order valence-electron chi connectivity index (χ3n) is 4.28. The summed E-state index contributed by atoms with van der Waals surface area (Å²) in [5.74, 6) is -0.210. The summed E-state index contributed by atoms with van der Waals surface area (Å²) in [5.41, 5.74) is 5.03. The smallest absolute Gasteiger partial charge is 0.244 e. The minimum absolute atomic E-state index is 0.0494. The number of carbonyl (C=O) groups is 2. The molecule has 1 unspecified atom stereocenters. The molecule has 130 valence electrons. The summed E-state index contributed by atoms with van der Waals surface area (Å²) < 4.78 is 0. The number of amides is 2. The summed E-state index contributed by atoms with van der Waals surface area (Å²) in [7, 11) is 0. The Kier molecular flexibility index (Phi) is 4.86. The summed E-state index contributed by atoms with van der Waals surface area (Å²) >= 11 is 1.56. The fourth-order valence-electron chi connectivity index (χ4n) is 3.23. The van der Waals surface area contributed by atoms with E-state index in [0.717, 1.165) is 10.6 Å². The molecule has 1 heterocycles. The van der Waals surface area contributed by atoms with Crippen molar-refractivity contribution >= 4 is 35.0 Å². The van der Waals surface area contributed by atoms with Crippen LogP contribution in [0.1, 0.15) is 23.6 Å². The van der Waals surface area contributed by atoms with E-state index in [4.69, 9.17) is 0 Å². The van der Waals surface area contributed by atoms with Crippen LogP contribution in [0.25, 0.3) is 0 Å². The second-order valence-corrected chi connectivity index (χ2v) is 7.83. The first-order valence-corrected chi connectivity index (χ1v) is 9.19. The lowest BCUT2D eigenvalue weighted by atomic mass is 10.1. The van der Waals surface area contributed by atoms with Crippen LogP contribution in [0, 0.1) is 20.8 Å². The molecule has 0 saturated carbocycles. The van der Waals surface area contributed by atoms with Crippen LogP contribution in [-0.4, -0.2) is 23.6 Å². The lowest BCUT2D eigenvalue weighted by Crippen LogP contribution is -2.45. The molecule has 2 aromatic rings. The number of hydrogen-bond donors (Lipinski definition) is 1.